The molecule has 0 saturated carbocycles. The SMILES string of the molecule is CCCCn1c(O)c(C2=NN[C@@H](c3ccc(C(C)C)cc3)C2)c(=O)[nH]c1=S. The molecule has 1 atom stereocenters. The van der Waals surface area contributed by atoms with E-state index < -0.39 is 5.56 Å². The van der Waals surface area contributed by atoms with Crippen LogP contribution in [0.15, 0.2) is 34.2 Å². The van der Waals surface area contributed by atoms with Gasteiger partial charge in [-0.3, -0.25) is 14.3 Å². The predicted octanol–water partition coefficient (Wildman–Crippen LogP) is 3.97. The van der Waals surface area contributed by atoms with E-state index in [1.54, 1.807) is 4.57 Å². The van der Waals surface area contributed by atoms with E-state index in [0.717, 1.165) is 18.4 Å². The molecule has 3 rings (SSSR count). The zero-order valence-corrected chi connectivity index (χ0v) is 16.8. The minimum atomic E-state index is -0.401. The molecule has 0 bridgehead atoms. The minimum absolute atomic E-state index is 0.0210. The highest BCUT2D eigenvalue weighted by atomic mass is 32.1. The number of benzene rings is 1. The topological polar surface area (TPSA) is 82.4 Å². The quantitative estimate of drug-likeness (QED) is 0.656. The fraction of sp³-hybridized carbons (Fsp3) is 0.450. The highest BCUT2D eigenvalue weighted by molar-refractivity contribution is 7.71. The largest absolute Gasteiger partial charge is 0.494 e. The van der Waals surface area contributed by atoms with Gasteiger partial charge in [-0.25, -0.2) is 0 Å². The molecular formula is C20H26N4O2S. The summed E-state index contributed by atoms with van der Waals surface area (Å²) < 4.78 is 1.81. The van der Waals surface area contributed by atoms with Crippen molar-refractivity contribution in [2.45, 2.75) is 58.5 Å². The number of aromatic hydroxyl groups is 1. The molecule has 2 heterocycles. The number of unbranched alkanes of at least 4 members (excludes halogenated alkanes) is 1. The van der Waals surface area contributed by atoms with E-state index in [2.05, 4.69) is 60.5 Å². The zero-order valence-electron chi connectivity index (χ0n) is 16.0. The van der Waals surface area contributed by atoms with Crippen LogP contribution >= 0.6 is 12.2 Å². The van der Waals surface area contributed by atoms with Gasteiger partial charge in [0.15, 0.2) is 4.77 Å². The highest BCUT2D eigenvalue weighted by Crippen LogP contribution is 2.27. The van der Waals surface area contributed by atoms with Gasteiger partial charge in [-0.05, 0) is 35.7 Å². The molecule has 0 fully saturated rings. The normalized spacial score (nSPS) is 16.4. The van der Waals surface area contributed by atoms with Crippen molar-refractivity contribution in [3.05, 3.63) is 56.1 Å². The van der Waals surface area contributed by atoms with Gasteiger partial charge < -0.3 is 10.5 Å². The number of H-pyrrole nitrogens is 1. The number of aromatic nitrogens is 2. The number of aromatic amines is 1. The van der Waals surface area contributed by atoms with Crippen molar-refractivity contribution in [1.82, 2.24) is 15.0 Å². The van der Waals surface area contributed by atoms with Gasteiger partial charge >= 0.3 is 0 Å². The van der Waals surface area contributed by atoms with Crippen LogP contribution in [0.2, 0.25) is 0 Å². The lowest BCUT2D eigenvalue weighted by Gasteiger charge is -2.13. The van der Waals surface area contributed by atoms with Gasteiger partial charge in [0.1, 0.15) is 5.56 Å². The third-order valence-corrected chi connectivity index (χ3v) is 5.28. The number of hydrazone groups is 1. The fourth-order valence-electron chi connectivity index (χ4n) is 3.25. The summed E-state index contributed by atoms with van der Waals surface area (Å²) in [5.41, 5.74) is 5.83. The lowest BCUT2D eigenvalue weighted by Crippen LogP contribution is -2.22. The number of hydrogen-bond acceptors (Lipinski definition) is 5. The summed E-state index contributed by atoms with van der Waals surface area (Å²) in [6.07, 6.45) is 2.36. The Hall–Kier alpha value is -2.41. The van der Waals surface area contributed by atoms with Crippen LogP contribution < -0.4 is 11.0 Å². The van der Waals surface area contributed by atoms with Crippen molar-refractivity contribution < 1.29 is 5.11 Å². The first-order chi connectivity index (χ1) is 12.9. The van der Waals surface area contributed by atoms with E-state index in [0.29, 0.717) is 24.6 Å². The van der Waals surface area contributed by atoms with Gasteiger partial charge in [-0.1, -0.05) is 51.5 Å². The van der Waals surface area contributed by atoms with Gasteiger partial charge in [0.2, 0.25) is 5.88 Å². The summed E-state index contributed by atoms with van der Waals surface area (Å²) in [5.74, 6) is 0.377. The molecule has 0 saturated heterocycles. The molecule has 0 radical (unpaired) electrons. The number of rotatable bonds is 6. The van der Waals surface area contributed by atoms with Crippen molar-refractivity contribution in [3.8, 4) is 5.88 Å². The van der Waals surface area contributed by atoms with Crippen LogP contribution in [0.4, 0.5) is 0 Å². The summed E-state index contributed by atoms with van der Waals surface area (Å²) in [7, 11) is 0. The first-order valence-corrected chi connectivity index (χ1v) is 9.81. The summed E-state index contributed by atoms with van der Waals surface area (Å²) >= 11 is 5.20. The first kappa shape index (κ1) is 19.4. The maximum Gasteiger partial charge on any atom is 0.264 e. The summed E-state index contributed by atoms with van der Waals surface area (Å²) in [6, 6.07) is 8.39. The lowest BCUT2D eigenvalue weighted by molar-refractivity contribution is 0.398. The molecule has 1 aromatic heterocycles. The molecule has 0 unspecified atom stereocenters. The molecule has 1 aromatic carbocycles. The second-order valence-electron chi connectivity index (χ2n) is 7.23. The van der Waals surface area contributed by atoms with E-state index in [4.69, 9.17) is 12.2 Å². The molecule has 1 aliphatic heterocycles. The Bertz CT molecular complexity index is 957. The van der Waals surface area contributed by atoms with Crippen molar-refractivity contribution in [3.63, 3.8) is 0 Å². The van der Waals surface area contributed by atoms with Crippen molar-refractivity contribution >= 4 is 17.9 Å². The summed E-state index contributed by atoms with van der Waals surface area (Å²) in [4.78, 5) is 15.1. The van der Waals surface area contributed by atoms with Crippen LogP contribution in [0.5, 0.6) is 5.88 Å². The van der Waals surface area contributed by atoms with E-state index in [1.807, 2.05) is 0 Å². The standard InChI is InChI=1S/C20H26N4O2S/c1-4-5-10-24-19(26)17(18(25)21-20(24)27)16-11-15(22-23-16)14-8-6-13(7-9-14)12(2)3/h6-9,12,15,22,26H,4-5,10-11H2,1-3H3,(H,21,25,27)/t15-/m1/s1. The average molecular weight is 387 g/mol. The molecule has 144 valence electrons. The Morgan fingerprint density at radius 1 is 1.33 bits per heavy atom. The monoisotopic (exact) mass is 386 g/mol. The van der Waals surface area contributed by atoms with Gasteiger partial charge in [-0.15, -0.1) is 0 Å². The Labute approximate surface area is 164 Å². The highest BCUT2D eigenvalue weighted by Gasteiger charge is 2.26. The Morgan fingerprint density at radius 2 is 2.04 bits per heavy atom. The van der Waals surface area contributed by atoms with Crippen LogP contribution in [-0.2, 0) is 6.54 Å². The Morgan fingerprint density at radius 3 is 2.67 bits per heavy atom. The van der Waals surface area contributed by atoms with Crippen molar-refractivity contribution in [1.29, 1.82) is 0 Å². The van der Waals surface area contributed by atoms with Crippen molar-refractivity contribution in [2.24, 2.45) is 5.10 Å². The molecule has 1 aliphatic rings. The van der Waals surface area contributed by atoms with Crippen molar-refractivity contribution in [2.75, 3.05) is 0 Å². The smallest absolute Gasteiger partial charge is 0.264 e. The lowest BCUT2D eigenvalue weighted by atomic mass is 9.96. The molecule has 3 N–H and O–H groups in total. The van der Waals surface area contributed by atoms with Gasteiger partial charge in [0, 0.05) is 13.0 Å². The van der Waals surface area contributed by atoms with E-state index >= 15 is 0 Å². The Balaban J connectivity index is 1.86. The number of nitrogens with one attached hydrogen (secondary N) is 2. The second-order valence-corrected chi connectivity index (χ2v) is 7.62. The third-order valence-electron chi connectivity index (χ3n) is 4.95. The fourth-order valence-corrected chi connectivity index (χ4v) is 3.52. The number of nitrogens with zero attached hydrogens (tertiary/aromatic N) is 2. The van der Waals surface area contributed by atoms with E-state index in [1.165, 1.54) is 5.56 Å². The summed E-state index contributed by atoms with van der Waals surface area (Å²) in [6.45, 7) is 6.95. The molecule has 0 spiro atoms. The van der Waals surface area contributed by atoms with Crippen LogP contribution in [0.25, 0.3) is 0 Å². The maximum absolute atomic E-state index is 12.4. The average Bonchev–Trinajstić information content (AvgIpc) is 3.11. The van der Waals surface area contributed by atoms with E-state index in [-0.39, 0.29) is 22.3 Å². The molecule has 27 heavy (non-hydrogen) atoms. The molecule has 0 aliphatic carbocycles. The van der Waals surface area contributed by atoms with Gasteiger partial charge in [0.25, 0.3) is 5.56 Å². The molecule has 6 nitrogen and oxygen atoms in total. The van der Waals surface area contributed by atoms with E-state index in [9.17, 15) is 9.90 Å². The molecule has 0 amide bonds. The molecule has 7 heteroatoms. The molecule has 2 aromatic rings. The van der Waals surface area contributed by atoms with Crippen LogP contribution in [0, 0.1) is 4.77 Å². The zero-order chi connectivity index (χ0) is 19.6. The predicted molar refractivity (Wildman–Crippen MR) is 110 cm³/mol. The van der Waals surface area contributed by atoms with Crippen LogP contribution in [0.1, 0.15) is 68.7 Å². The van der Waals surface area contributed by atoms with Gasteiger partial charge in [-0.2, -0.15) is 5.10 Å². The maximum atomic E-state index is 12.4. The van der Waals surface area contributed by atoms with Crippen LogP contribution in [-0.4, -0.2) is 20.4 Å². The molecular weight excluding hydrogens is 360 g/mol. The van der Waals surface area contributed by atoms with Gasteiger partial charge in [0.05, 0.1) is 11.8 Å². The second kappa shape index (κ2) is 8.08. The summed E-state index contributed by atoms with van der Waals surface area (Å²) in [5, 5.41) is 15.0. The minimum Gasteiger partial charge on any atom is -0.494 e. The Kier molecular flexibility index (Phi) is 5.79. The number of hydrogen-bond donors (Lipinski definition) is 3. The first-order valence-electron chi connectivity index (χ1n) is 9.40. The van der Waals surface area contributed by atoms with Crippen LogP contribution in [0.3, 0.4) is 0 Å². The third kappa shape index (κ3) is 3.98.